The minimum Gasteiger partial charge on any atom is -0.414 e. The van der Waals surface area contributed by atoms with E-state index in [2.05, 4.69) is 20.5 Å². The molecule has 3 rings (SSSR count). The molecule has 1 fully saturated rings. The Morgan fingerprint density at radius 2 is 2.32 bits per heavy atom. The van der Waals surface area contributed by atoms with Crippen LogP contribution in [0.25, 0.3) is 0 Å². The van der Waals surface area contributed by atoms with Crippen LogP contribution in [0.15, 0.2) is 31.5 Å². The maximum absolute atomic E-state index is 11.8. The number of amides is 1. The highest BCUT2D eigenvalue weighted by atomic mass is 32.2. The van der Waals surface area contributed by atoms with E-state index in [1.54, 1.807) is 0 Å². The molecule has 0 unspecified atom stereocenters. The van der Waals surface area contributed by atoms with Crippen molar-refractivity contribution in [2.75, 3.05) is 18.9 Å². The van der Waals surface area contributed by atoms with Crippen molar-refractivity contribution < 1.29 is 13.9 Å². The second-order valence-corrected chi connectivity index (χ2v) is 6.35. The third-order valence-corrected chi connectivity index (χ3v) is 4.35. The fourth-order valence-electron chi connectivity index (χ4n) is 2.29. The smallest absolute Gasteiger partial charge is 0.328 e. The lowest BCUT2D eigenvalue weighted by Crippen LogP contribution is -2.32. The summed E-state index contributed by atoms with van der Waals surface area (Å²) in [6.45, 7) is 1.29. The molecule has 1 aliphatic rings. The third-order valence-electron chi connectivity index (χ3n) is 3.53. The zero-order chi connectivity index (χ0) is 17.6. The normalized spacial score (nSPS) is 16.9. The van der Waals surface area contributed by atoms with Crippen LogP contribution in [0.4, 0.5) is 0 Å². The van der Waals surface area contributed by atoms with Gasteiger partial charge in [0.25, 0.3) is 10.8 Å². The summed E-state index contributed by atoms with van der Waals surface area (Å²) in [5.74, 6) is 0.209. The van der Waals surface area contributed by atoms with E-state index in [1.807, 2.05) is 0 Å². The number of hydrogen-bond acceptors (Lipinski definition) is 8. The maximum Gasteiger partial charge on any atom is 0.328 e. The summed E-state index contributed by atoms with van der Waals surface area (Å²) >= 11 is 1.11. The zero-order valence-electron chi connectivity index (χ0n) is 13.3. The first-order valence-electron chi connectivity index (χ1n) is 7.73. The summed E-state index contributed by atoms with van der Waals surface area (Å²) < 4.78 is 12.0. The Balaban J connectivity index is 1.47. The van der Waals surface area contributed by atoms with Crippen LogP contribution < -0.4 is 16.6 Å². The molecule has 0 radical (unpaired) electrons. The second kappa shape index (κ2) is 8.12. The van der Waals surface area contributed by atoms with Crippen LogP contribution >= 0.6 is 11.8 Å². The highest BCUT2D eigenvalue weighted by Gasteiger charge is 2.16. The molecule has 25 heavy (non-hydrogen) atoms. The molecule has 2 aromatic heterocycles. The number of thioether (sulfide) groups is 1. The molecule has 0 aliphatic carbocycles. The van der Waals surface area contributed by atoms with Gasteiger partial charge in [-0.1, -0.05) is 11.8 Å². The second-order valence-electron chi connectivity index (χ2n) is 5.43. The molecule has 0 aromatic carbocycles. The van der Waals surface area contributed by atoms with Gasteiger partial charge in [0, 0.05) is 25.4 Å². The van der Waals surface area contributed by atoms with E-state index in [4.69, 9.17) is 9.15 Å². The Morgan fingerprint density at radius 1 is 1.44 bits per heavy atom. The molecule has 3 heterocycles. The number of nitrogens with one attached hydrogen (secondary N) is 2. The van der Waals surface area contributed by atoms with Gasteiger partial charge in [-0.3, -0.25) is 19.1 Å². The highest BCUT2D eigenvalue weighted by molar-refractivity contribution is 7.99. The molecule has 1 amide bonds. The summed E-state index contributed by atoms with van der Waals surface area (Å²) in [5.41, 5.74) is -1.04. The van der Waals surface area contributed by atoms with Crippen molar-refractivity contribution in [1.29, 1.82) is 0 Å². The van der Waals surface area contributed by atoms with Crippen LogP contribution in [-0.2, 0) is 16.1 Å². The molecular formula is C14H17N5O5S. The minimum atomic E-state index is -0.562. The minimum absolute atomic E-state index is 0.0361. The van der Waals surface area contributed by atoms with Crippen molar-refractivity contribution in [2.45, 2.75) is 30.7 Å². The Labute approximate surface area is 146 Å². The van der Waals surface area contributed by atoms with Crippen LogP contribution in [0, 0.1) is 0 Å². The number of carbonyl (C=O) groups is 1. The van der Waals surface area contributed by atoms with E-state index in [1.165, 1.54) is 16.8 Å². The van der Waals surface area contributed by atoms with Crippen LogP contribution in [0.1, 0.15) is 18.7 Å². The lowest BCUT2D eigenvalue weighted by molar-refractivity contribution is -0.119. The van der Waals surface area contributed by atoms with Gasteiger partial charge in [0.2, 0.25) is 11.8 Å². The van der Waals surface area contributed by atoms with Crippen molar-refractivity contribution in [3.63, 3.8) is 0 Å². The summed E-state index contributed by atoms with van der Waals surface area (Å²) in [7, 11) is 0. The summed E-state index contributed by atoms with van der Waals surface area (Å²) in [5, 5.41) is 10.7. The number of hydrogen-bond donors (Lipinski definition) is 2. The molecule has 10 nitrogen and oxygen atoms in total. The van der Waals surface area contributed by atoms with Crippen molar-refractivity contribution >= 4 is 17.7 Å². The molecule has 2 N–H and O–H groups in total. The highest BCUT2D eigenvalue weighted by Crippen LogP contribution is 2.16. The first kappa shape index (κ1) is 17.4. The van der Waals surface area contributed by atoms with E-state index in [0.717, 1.165) is 31.2 Å². The van der Waals surface area contributed by atoms with Gasteiger partial charge in [0.1, 0.15) is 6.54 Å². The SMILES string of the molecule is O=C(CSc1nnc(Cn2ccc(=O)[nH]c2=O)o1)NC[C@@H]1CCCO1. The van der Waals surface area contributed by atoms with Gasteiger partial charge in [-0.25, -0.2) is 4.79 Å². The largest absolute Gasteiger partial charge is 0.414 e. The number of carbonyl (C=O) groups excluding carboxylic acids is 1. The number of nitrogens with zero attached hydrogens (tertiary/aromatic N) is 3. The standard InChI is InChI=1S/C14H17N5O5S/c20-10-3-4-19(13(22)16-10)7-12-17-18-14(24-12)25-8-11(21)15-6-9-2-1-5-23-9/h3-4,9H,1-2,5-8H2,(H,15,21)(H,16,20,22)/t9-/m0/s1. The van der Waals surface area contributed by atoms with Crippen LogP contribution in [0.5, 0.6) is 0 Å². The Bertz CT molecular complexity index is 838. The molecule has 0 bridgehead atoms. The van der Waals surface area contributed by atoms with E-state index in [-0.39, 0.29) is 35.4 Å². The van der Waals surface area contributed by atoms with Crippen LogP contribution in [0.3, 0.4) is 0 Å². The van der Waals surface area contributed by atoms with Gasteiger partial charge in [-0.2, -0.15) is 0 Å². The summed E-state index contributed by atoms with van der Waals surface area (Å²) in [4.78, 5) is 36.5. The first-order valence-corrected chi connectivity index (χ1v) is 8.72. The first-order chi connectivity index (χ1) is 12.1. The molecule has 0 spiro atoms. The molecule has 1 aliphatic heterocycles. The average molecular weight is 367 g/mol. The van der Waals surface area contributed by atoms with Crippen LogP contribution in [0.2, 0.25) is 0 Å². The number of ether oxygens (including phenoxy) is 1. The monoisotopic (exact) mass is 367 g/mol. The number of aromatic amines is 1. The summed E-state index contributed by atoms with van der Waals surface area (Å²) in [6, 6.07) is 1.23. The van der Waals surface area contributed by atoms with Gasteiger partial charge in [-0.15, -0.1) is 10.2 Å². The lowest BCUT2D eigenvalue weighted by Gasteiger charge is -2.09. The molecule has 134 valence electrons. The van der Waals surface area contributed by atoms with Gasteiger partial charge in [0.05, 0.1) is 11.9 Å². The van der Waals surface area contributed by atoms with Crippen molar-refractivity contribution in [1.82, 2.24) is 25.1 Å². The van der Waals surface area contributed by atoms with Crippen molar-refractivity contribution in [3.05, 3.63) is 39.0 Å². The third kappa shape index (κ3) is 5.03. The van der Waals surface area contributed by atoms with Gasteiger partial charge in [0.15, 0.2) is 0 Å². The molecular weight excluding hydrogens is 350 g/mol. The fraction of sp³-hybridized carbons (Fsp3) is 0.500. The summed E-state index contributed by atoms with van der Waals surface area (Å²) in [6.07, 6.45) is 3.43. The molecule has 2 aromatic rings. The van der Waals surface area contributed by atoms with Crippen LogP contribution in [-0.4, -0.2) is 50.7 Å². The Hall–Kier alpha value is -2.40. The Kier molecular flexibility index (Phi) is 5.66. The maximum atomic E-state index is 11.8. The molecule has 0 saturated carbocycles. The van der Waals surface area contributed by atoms with Gasteiger partial charge in [-0.05, 0) is 12.8 Å². The molecule has 11 heteroatoms. The lowest BCUT2D eigenvalue weighted by atomic mass is 10.2. The predicted molar refractivity (Wildman–Crippen MR) is 87.4 cm³/mol. The van der Waals surface area contributed by atoms with Gasteiger partial charge < -0.3 is 14.5 Å². The van der Waals surface area contributed by atoms with E-state index < -0.39 is 11.2 Å². The van der Waals surface area contributed by atoms with Gasteiger partial charge >= 0.3 is 5.69 Å². The van der Waals surface area contributed by atoms with Crippen molar-refractivity contribution in [2.24, 2.45) is 0 Å². The number of rotatable bonds is 7. The quantitative estimate of drug-likeness (QED) is 0.617. The topological polar surface area (TPSA) is 132 Å². The zero-order valence-corrected chi connectivity index (χ0v) is 14.1. The molecule has 1 atom stereocenters. The van der Waals surface area contributed by atoms with E-state index >= 15 is 0 Å². The van der Waals surface area contributed by atoms with Crippen molar-refractivity contribution in [3.8, 4) is 0 Å². The molecule has 1 saturated heterocycles. The van der Waals surface area contributed by atoms with E-state index in [0.29, 0.717) is 6.54 Å². The predicted octanol–water partition coefficient (Wildman–Crippen LogP) is -0.645. The fourth-order valence-corrected chi connectivity index (χ4v) is 2.90. The average Bonchev–Trinajstić information content (AvgIpc) is 3.25. The number of H-pyrrole nitrogens is 1. The number of aromatic nitrogens is 4. The van der Waals surface area contributed by atoms with E-state index in [9.17, 15) is 14.4 Å². The Morgan fingerprint density at radius 3 is 3.08 bits per heavy atom.